The van der Waals surface area contributed by atoms with Crippen LogP contribution in [-0.4, -0.2) is 30.5 Å². The summed E-state index contributed by atoms with van der Waals surface area (Å²) in [4.78, 5) is 20.6. The molecule has 0 unspecified atom stereocenters. The summed E-state index contributed by atoms with van der Waals surface area (Å²) in [5.74, 6) is 0.362. The first-order valence-electron chi connectivity index (χ1n) is 6.48. The van der Waals surface area contributed by atoms with Crippen molar-refractivity contribution >= 4 is 28.6 Å². The number of anilines is 1. The molecular formula is C14H10N6OS. The van der Waals surface area contributed by atoms with E-state index in [0.29, 0.717) is 17.2 Å². The molecular weight excluding hydrogens is 300 g/mol. The van der Waals surface area contributed by atoms with Crippen LogP contribution in [0.15, 0.2) is 47.7 Å². The molecule has 0 saturated carbocycles. The van der Waals surface area contributed by atoms with E-state index < -0.39 is 0 Å². The molecule has 4 aromatic heterocycles. The van der Waals surface area contributed by atoms with E-state index >= 15 is 0 Å². The van der Waals surface area contributed by atoms with E-state index in [9.17, 15) is 4.79 Å². The molecule has 0 aliphatic rings. The summed E-state index contributed by atoms with van der Waals surface area (Å²) in [6.07, 6.45) is 5.05. The van der Waals surface area contributed by atoms with Crippen LogP contribution in [0.4, 0.5) is 5.69 Å². The minimum atomic E-state index is -0.235. The Balaban J connectivity index is 1.67. The number of aromatic amines is 1. The molecule has 2 N–H and O–H groups in total. The van der Waals surface area contributed by atoms with E-state index in [1.807, 2.05) is 35.2 Å². The van der Waals surface area contributed by atoms with Gasteiger partial charge in [-0.25, -0.2) is 9.97 Å². The molecule has 8 heteroatoms. The normalized spacial score (nSPS) is 10.9. The fourth-order valence-corrected chi connectivity index (χ4v) is 2.70. The van der Waals surface area contributed by atoms with Gasteiger partial charge in [-0.1, -0.05) is 0 Å². The monoisotopic (exact) mass is 310 g/mol. The third-order valence-corrected chi connectivity index (χ3v) is 3.82. The average Bonchev–Trinajstić information content (AvgIpc) is 3.27. The molecule has 4 rings (SSSR count). The van der Waals surface area contributed by atoms with Gasteiger partial charge in [-0.2, -0.15) is 16.4 Å². The predicted octanol–water partition coefficient (Wildman–Crippen LogP) is 2.43. The lowest BCUT2D eigenvalue weighted by Crippen LogP contribution is -2.11. The molecule has 0 aliphatic heterocycles. The van der Waals surface area contributed by atoms with Crippen molar-refractivity contribution in [3.8, 4) is 11.4 Å². The smallest absolute Gasteiger partial charge is 0.275 e. The summed E-state index contributed by atoms with van der Waals surface area (Å²) in [6.45, 7) is 0. The first-order chi connectivity index (χ1) is 10.8. The van der Waals surface area contributed by atoms with E-state index in [2.05, 4.69) is 25.5 Å². The topological polar surface area (TPSA) is 88.0 Å². The van der Waals surface area contributed by atoms with Gasteiger partial charge >= 0.3 is 0 Å². The van der Waals surface area contributed by atoms with E-state index in [1.54, 1.807) is 10.6 Å². The number of pyridine rings is 1. The quantitative estimate of drug-likeness (QED) is 0.608. The van der Waals surface area contributed by atoms with E-state index in [1.165, 1.54) is 17.7 Å². The standard InChI is InChI=1S/C14H10N6OS/c21-14(17-10-3-4-22-7-10)11-6-20-5-9(1-2-12(20)18-11)13-15-8-16-19-13/h1-8H,(H,17,21)(H,15,16,19). The van der Waals surface area contributed by atoms with Gasteiger partial charge in [-0.05, 0) is 23.6 Å². The molecule has 0 radical (unpaired) electrons. The lowest BCUT2D eigenvalue weighted by atomic mass is 10.3. The fraction of sp³-hybridized carbons (Fsp3) is 0. The number of imidazole rings is 1. The highest BCUT2D eigenvalue weighted by Gasteiger charge is 2.12. The zero-order valence-electron chi connectivity index (χ0n) is 11.2. The highest BCUT2D eigenvalue weighted by atomic mass is 32.1. The molecule has 7 nitrogen and oxygen atoms in total. The van der Waals surface area contributed by atoms with Gasteiger partial charge in [0.1, 0.15) is 17.7 Å². The Morgan fingerprint density at radius 3 is 3.00 bits per heavy atom. The molecule has 0 atom stereocenters. The number of hydrogen-bond donors (Lipinski definition) is 2. The molecule has 4 heterocycles. The van der Waals surface area contributed by atoms with E-state index in [4.69, 9.17) is 0 Å². The third kappa shape index (κ3) is 2.25. The van der Waals surface area contributed by atoms with Crippen LogP contribution in [0.2, 0.25) is 0 Å². The number of aromatic nitrogens is 5. The number of amides is 1. The van der Waals surface area contributed by atoms with Gasteiger partial charge in [-0.3, -0.25) is 9.89 Å². The molecule has 0 saturated heterocycles. The lowest BCUT2D eigenvalue weighted by Gasteiger charge is -1.97. The van der Waals surface area contributed by atoms with Crippen LogP contribution in [-0.2, 0) is 0 Å². The Morgan fingerprint density at radius 2 is 2.23 bits per heavy atom. The molecule has 0 spiro atoms. The highest BCUT2D eigenvalue weighted by Crippen LogP contribution is 2.17. The highest BCUT2D eigenvalue weighted by molar-refractivity contribution is 7.08. The Morgan fingerprint density at radius 1 is 1.27 bits per heavy atom. The van der Waals surface area contributed by atoms with E-state index in [-0.39, 0.29) is 5.91 Å². The van der Waals surface area contributed by atoms with Gasteiger partial charge in [0.2, 0.25) is 0 Å². The van der Waals surface area contributed by atoms with Crippen molar-refractivity contribution < 1.29 is 4.79 Å². The Labute approximate surface area is 128 Å². The second-order valence-corrected chi connectivity index (χ2v) is 5.38. The maximum Gasteiger partial charge on any atom is 0.275 e. The van der Waals surface area contributed by atoms with Crippen LogP contribution >= 0.6 is 11.3 Å². The Kier molecular flexibility index (Phi) is 2.94. The predicted molar refractivity (Wildman–Crippen MR) is 82.8 cm³/mol. The summed E-state index contributed by atoms with van der Waals surface area (Å²) in [7, 11) is 0. The molecule has 0 bridgehead atoms. The summed E-state index contributed by atoms with van der Waals surface area (Å²) in [6, 6.07) is 5.54. The van der Waals surface area contributed by atoms with Gasteiger partial charge in [0.15, 0.2) is 5.82 Å². The van der Waals surface area contributed by atoms with Crippen molar-refractivity contribution in [3.63, 3.8) is 0 Å². The van der Waals surface area contributed by atoms with E-state index in [0.717, 1.165) is 11.3 Å². The average molecular weight is 310 g/mol. The number of H-pyrrole nitrogens is 1. The summed E-state index contributed by atoms with van der Waals surface area (Å²) >= 11 is 1.53. The largest absolute Gasteiger partial charge is 0.320 e. The van der Waals surface area contributed by atoms with Crippen molar-refractivity contribution in [1.82, 2.24) is 24.6 Å². The Bertz CT molecular complexity index is 926. The molecule has 0 fully saturated rings. The van der Waals surface area contributed by atoms with Crippen LogP contribution in [0.25, 0.3) is 17.0 Å². The molecule has 1 amide bonds. The van der Waals surface area contributed by atoms with Crippen LogP contribution in [0.3, 0.4) is 0 Å². The number of hydrogen-bond acceptors (Lipinski definition) is 5. The van der Waals surface area contributed by atoms with Crippen LogP contribution < -0.4 is 5.32 Å². The molecule has 0 aliphatic carbocycles. The van der Waals surface area contributed by atoms with Crippen LogP contribution in [0, 0.1) is 0 Å². The number of thiophene rings is 1. The third-order valence-electron chi connectivity index (χ3n) is 3.14. The van der Waals surface area contributed by atoms with Crippen LogP contribution in [0.1, 0.15) is 10.5 Å². The minimum Gasteiger partial charge on any atom is -0.320 e. The van der Waals surface area contributed by atoms with Crippen molar-refractivity contribution in [1.29, 1.82) is 0 Å². The lowest BCUT2D eigenvalue weighted by molar-refractivity contribution is 0.102. The molecule has 108 valence electrons. The molecule has 4 aromatic rings. The van der Waals surface area contributed by atoms with Gasteiger partial charge in [0.25, 0.3) is 5.91 Å². The fourth-order valence-electron chi connectivity index (χ4n) is 2.11. The van der Waals surface area contributed by atoms with Gasteiger partial charge in [-0.15, -0.1) is 0 Å². The number of fused-ring (bicyclic) bond motifs is 1. The zero-order valence-corrected chi connectivity index (χ0v) is 12.0. The van der Waals surface area contributed by atoms with Crippen molar-refractivity contribution in [2.45, 2.75) is 0 Å². The molecule has 0 aromatic carbocycles. The number of carbonyl (C=O) groups is 1. The van der Waals surface area contributed by atoms with Crippen molar-refractivity contribution in [3.05, 3.63) is 53.4 Å². The second-order valence-electron chi connectivity index (χ2n) is 4.60. The van der Waals surface area contributed by atoms with Crippen LogP contribution in [0.5, 0.6) is 0 Å². The summed E-state index contributed by atoms with van der Waals surface area (Å²) < 4.78 is 1.79. The number of rotatable bonds is 3. The number of nitrogens with one attached hydrogen (secondary N) is 2. The number of nitrogens with zero attached hydrogens (tertiary/aromatic N) is 4. The maximum atomic E-state index is 12.2. The first kappa shape index (κ1) is 12.7. The maximum absolute atomic E-state index is 12.2. The van der Waals surface area contributed by atoms with Crippen molar-refractivity contribution in [2.24, 2.45) is 0 Å². The number of carbonyl (C=O) groups excluding carboxylic acids is 1. The second kappa shape index (κ2) is 5.08. The van der Waals surface area contributed by atoms with Gasteiger partial charge in [0.05, 0.1) is 5.69 Å². The minimum absolute atomic E-state index is 0.235. The zero-order chi connectivity index (χ0) is 14.9. The summed E-state index contributed by atoms with van der Waals surface area (Å²) in [5, 5.41) is 13.3. The molecule has 22 heavy (non-hydrogen) atoms. The van der Waals surface area contributed by atoms with Gasteiger partial charge in [0, 0.05) is 23.3 Å². The Hall–Kier alpha value is -3.00. The van der Waals surface area contributed by atoms with Crippen molar-refractivity contribution in [2.75, 3.05) is 5.32 Å². The summed E-state index contributed by atoms with van der Waals surface area (Å²) in [5.41, 5.74) is 2.66. The SMILES string of the molecule is O=C(Nc1ccsc1)c1cn2cc(-c3nc[nH]n3)ccc2n1. The first-order valence-corrected chi connectivity index (χ1v) is 7.42. The van der Waals surface area contributed by atoms with Gasteiger partial charge < -0.3 is 9.72 Å².